The molecule has 3 aromatic rings. The van der Waals surface area contributed by atoms with Crippen LogP contribution >= 0.6 is 23.2 Å². The molecule has 0 aliphatic carbocycles. The molecule has 0 spiro atoms. The van der Waals surface area contributed by atoms with Gasteiger partial charge in [0.1, 0.15) is 0 Å². The van der Waals surface area contributed by atoms with Gasteiger partial charge in [0.05, 0.1) is 22.1 Å². The first-order valence-electron chi connectivity index (χ1n) is 7.92. The largest absolute Gasteiger partial charge is 0.355 e. The molecule has 0 unspecified atom stereocenters. The molecule has 0 fully saturated rings. The topological polar surface area (TPSA) is 88.9 Å². The van der Waals surface area contributed by atoms with Gasteiger partial charge in [-0.2, -0.15) is 9.90 Å². The van der Waals surface area contributed by atoms with Crippen LogP contribution in [0.3, 0.4) is 0 Å². The molecular weight excluding hydrogens is 389 g/mol. The Morgan fingerprint density at radius 3 is 2.52 bits per heavy atom. The summed E-state index contributed by atoms with van der Waals surface area (Å²) >= 11 is 12.1. The van der Waals surface area contributed by atoms with Crippen molar-refractivity contribution in [2.24, 2.45) is 0 Å². The monoisotopic (exact) mass is 403 g/mol. The van der Waals surface area contributed by atoms with E-state index < -0.39 is 5.91 Å². The first kappa shape index (κ1) is 18.9. The van der Waals surface area contributed by atoms with Gasteiger partial charge in [-0.15, -0.1) is 5.10 Å². The van der Waals surface area contributed by atoms with E-state index in [2.05, 4.69) is 20.8 Å². The molecule has 0 bridgehead atoms. The van der Waals surface area contributed by atoms with Crippen molar-refractivity contribution >= 4 is 40.7 Å². The number of hydrogen-bond acceptors (Lipinski definition) is 4. The molecule has 27 heavy (non-hydrogen) atoms. The number of nitrogens with zero attached hydrogens (tertiary/aromatic N) is 3. The van der Waals surface area contributed by atoms with Crippen LogP contribution in [0.1, 0.15) is 26.5 Å². The van der Waals surface area contributed by atoms with E-state index in [1.165, 1.54) is 24.0 Å². The number of carbonyl (C=O) groups excluding carboxylic acids is 2. The third kappa shape index (κ3) is 4.10. The van der Waals surface area contributed by atoms with Crippen molar-refractivity contribution in [1.29, 1.82) is 0 Å². The number of hydrogen-bond donors (Lipinski definition) is 2. The summed E-state index contributed by atoms with van der Waals surface area (Å²) in [5, 5.41) is 14.5. The van der Waals surface area contributed by atoms with E-state index in [4.69, 9.17) is 23.2 Å². The maximum atomic E-state index is 12.6. The van der Waals surface area contributed by atoms with Crippen LogP contribution in [0.25, 0.3) is 5.69 Å². The van der Waals surface area contributed by atoms with Gasteiger partial charge in [-0.3, -0.25) is 9.59 Å². The summed E-state index contributed by atoms with van der Waals surface area (Å²) in [5.74, 6) is -0.776. The molecule has 7 nitrogen and oxygen atoms in total. The van der Waals surface area contributed by atoms with Crippen molar-refractivity contribution < 1.29 is 9.59 Å². The lowest BCUT2D eigenvalue weighted by Crippen LogP contribution is -2.19. The lowest BCUT2D eigenvalue weighted by atomic mass is 10.2. The molecule has 138 valence electrons. The lowest BCUT2D eigenvalue weighted by Gasteiger charge is -2.08. The van der Waals surface area contributed by atoms with E-state index in [0.29, 0.717) is 32.7 Å². The Morgan fingerprint density at radius 1 is 1.04 bits per heavy atom. The Balaban J connectivity index is 1.88. The minimum atomic E-state index is -0.489. The summed E-state index contributed by atoms with van der Waals surface area (Å²) in [6.45, 7) is 1.67. The highest BCUT2D eigenvalue weighted by atomic mass is 35.5. The van der Waals surface area contributed by atoms with E-state index in [-0.39, 0.29) is 11.6 Å². The number of benzene rings is 2. The van der Waals surface area contributed by atoms with Crippen molar-refractivity contribution in [1.82, 2.24) is 20.3 Å². The molecule has 0 radical (unpaired) electrons. The van der Waals surface area contributed by atoms with Gasteiger partial charge in [-0.05, 0) is 43.3 Å². The zero-order valence-corrected chi connectivity index (χ0v) is 16.0. The molecule has 0 aliphatic heterocycles. The average molecular weight is 404 g/mol. The summed E-state index contributed by atoms with van der Waals surface area (Å²) in [5.41, 5.74) is 1.88. The highest BCUT2D eigenvalue weighted by Crippen LogP contribution is 2.24. The third-order valence-electron chi connectivity index (χ3n) is 3.74. The fraction of sp³-hybridized carbons (Fsp3) is 0.111. The molecule has 0 saturated carbocycles. The first-order chi connectivity index (χ1) is 12.9. The van der Waals surface area contributed by atoms with Gasteiger partial charge in [-0.25, -0.2) is 0 Å². The summed E-state index contributed by atoms with van der Waals surface area (Å²) in [6, 6.07) is 11.6. The van der Waals surface area contributed by atoms with Crippen molar-refractivity contribution in [3.05, 3.63) is 69.5 Å². The highest BCUT2D eigenvalue weighted by Gasteiger charge is 2.18. The Kier molecular flexibility index (Phi) is 5.43. The molecule has 1 aromatic heterocycles. The number of aryl methyl sites for hydroxylation is 1. The standard InChI is InChI=1S/C18H15Cl2N5O2/c1-10-16(24-25(23-10)13-5-3-4-12(19)9-13)18(27)22-15-8-11(17(26)21-2)6-7-14(15)20/h3-9H,1-2H3,(H,21,26)(H,22,27). The smallest absolute Gasteiger partial charge is 0.278 e. The number of anilines is 1. The Bertz CT molecular complexity index is 1030. The van der Waals surface area contributed by atoms with Crippen molar-refractivity contribution in [2.75, 3.05) is 12.4 Å². The number of rotatable bonds is 4. The predicted octanol–water partition coefficient (Wildman–Crippen LogP) is 3.49. The SMILES string of the molecule is CNC(=O)c1ccc(Cl)c(NC(=O)c2nn(-c3cccc(Cl)c3)nc2C)c1. The summed E-state index contributed by atoms with van der Waals surface area (Å²) in [4.78, 5) is 25.7. The fourth-order valence-electron chi connectivity index (χ4n) is 2.39. The zero-order chi connectivity index (χ0) is 19.6. The molecule has 3 rings (SSSR count). The maximum Gasteiger partial charge on any atom is 0.278 e. The van der Waals surface area contributed by atoms with Crippen LogP contribution in [0.2, 0.25) is 10.0 Å². The zero-order valence-electron chi connectivity index (χ0n) is 14.5. The second kappa shape index (κ2) is 7.77. The molecule has 0 atom stereocenters. The van der Waals surface area contributed by atoms with E-state index in [9.17, 15) is 9.59 Å². The predicted molar refractivity (Wildman–Crippen MR) is 104 cm³/mol. The van der Waals surface area contributed by atoms with Gasteiger partial charge in [0.25, 0.3) is 11.8 Å². The number of amides is 2. The minimum Gasteiger partial charge on any atom is -0.355 e. The van der Waals surface area contributed by atoms with Crippen LogP contribution in [0.4, 0.5) is 5.69 Å². The van der Waals surface area contributed by atoms with Crippen LogP contribution in [-0.2, 0) is 0 Å². The van der Waals surface area contributed by atoms with Crippen LogP contribution in [0, 0.1) is 6.92 Å². The van der Waals surface area contributed by atoms with Crippen molar-refractivity contribution in [3.63, 3.8) is 0 Å². The highest BCUT2D eigenvalue weighted by molar-refractivity contribution is 6.34. The number of aromatic nitrogens is 3. The first-order valence-corrected chi connectivity index (χ1v) is 8.67. The summed E-state index contributed by atoms with van der Waals surface area (Å²) in [7, 11) is 1.52. The van der Waals surface area contributed by atoms with Gasteiger partial charge in [0.2, 0.25) is 0 Å². The molecule has 2 aromatic carbocycles. The van der Waals surface area contributed by atoms with Crippen molar-refractivity contribution in [3.8, 4) is 5.69 Å². The normalized spacial score (nSPS) is 10.5. The molecule has 2 amide bonds. The number of carbonyl (C=O) groups is 2. The third-order valence-corrected chi connectivity index (χ3v) is 4.30. The van der Waals surface area contributed by atoms with Gasteiger partial charge < -0.3 is 10.6 Å². The molecule has 0 saturated heterocycles. The number of nitrogens with one attached hydrogen (secondary N) is 2. The van der Waals surface area contributed by atoms with E-state index >= 15 is 0 Å². The maximum absolute atomic E-state index is 12.6. The number of halogens is 2. The van der Waals surface area contributed by atoms with Gasteiger partial charge in [0.15, 0.2) is 5.69 Å². The van der Waals surface area contributed by atoms with Gasteiger partial charge >= 0.3 is 0 Å². The van der Waals surface area contributed by atoms with Gasteiger partial charge in [0, 0.05) is 17.6 Å². The van der Waals surface area contributed by atoms with Crippen LogP contribution < -0.4 is 10.6 Å². The molecule has 1 heterocycles. The van der Waals surface area contributed by atoms with E-state index in [1.54, 1.807) is 37.3 Å². The van der Waals surface area contributed by atoms with Crippen molar-refractivity contribution in [2.45, 2.75) is 6.92 Å². The van der Waals surface area contributed by atoms with E-state index in [0.717, 1.165) is 0 Å². The molecule has 0 aliphatic rings. The van der Waals surface area contributed by atoms with Crippen LogP contribution in [0.15, 0.2) is 42.5 Å². The molecule has 9 heteroatoms. The summed E-state index contributed by atoms with van der Waals surface area (Å²) in [6.07, 6.45) is 0. The Morgan fingerprint density at radius 2 is 1.81 bits per heavy atom. The fourth-order valence-corrected chi connectivity index (χ4v) is 2.74. The lowest BCUT2D eigenvalue weighted by molar-refractivity contribution is 0.0961. The summed E-state index contributed by atoms with van der Waals surface area (Å²) < 4.78 is 0. The molecule has 2 N–H and O–H groups in total. The van der Waals surface area contributed by atoms with Crippen LogP contribution in [-0.4, -0.2) is 33.9 Å². The van der Waals surface area contributed by atoms with Crippen LogP contribution in [0.5, 0.6) is 0 Å². The second-order valence-electron chi connectivity index (χ2n) is 5.63. The second-order valence-corrected chi connectivity index (χ2v) is 6.47. The van der Waals surface area contributed by atoms with E-state index in [1.807, 2.05) is 0 Å². The average Bonchev–Trinajstić information content (AvgIpc) is 3.04. The minimum absolute atomic E-state index is 0.136. The molecular formula is C18H15Cl2N5O2. The Labute approximate surface area is 165 Å². The quantitative estimate of drug-likeness (QED) is 0.697. The van der Waals surface area contributed by atoms with Gasteiger partial charge in [-0.1, -0.05) is 29.3 Å². The Hall–Kier alpha value is -2.90.